The van der Waals surface area contributed by atoms with Crippen molar-refractivity contribution in [2.24, 2.45) is 5.92 Å². The number of thiophene rings is 1. The van der Waals surface area contributed by atoms with E-state index >= 15 is 0 Å². The summed E-state index contributed by atoms with van der Waals surface area (Å²) < 4.78 is 5.64. The smallest absolute Gasteiger partial charge is 0.311 e. The van der Waals surface area contributed by atoms with Crippen LogP contribution >= 0.6 is 22.9 Å². The summed E-state index contributed by atoms with van der Waals surface area (Å²) in [6, 6.07) is 12.8. The Bertz CT molecular complexity index is 820. The van der Waals surface area contributed by atoms with Crippen molar-refractivity contribution in [1.82, 2.24) is 4.90 Å². The van der Waals surface area contributed by atoms with Gasteiger partial charge in [-0.1, -0.05) is 41.9 Å². The van der Waals surface area contributed by atoms with Crippen molar-refractivity contribution in [2.45, 2.75) is 19.4 Å². The summed E-state index contributed by atoms with van der Waals surface area (Å²) in [5.41, 5.74) is 1.01. The Kier molecular flexibility index (Phi) is 5.74. The van der Waals surface area contributed by atoms with Gasteiger partial charge in [0.2, 0.25) is 11.7 Å². The predicted molar refractivity (Wildman–Crippen MR) is 99.3 cm³/mol. The summed E-state index contributed by atoms with van der Waals surface area (Å²) in [6.07, 6.45) is 0.106. The Morgan fingerprint density at radius 1 is 1.27 bits per heavy atom. The summed E-state index contributed by atoms with van der Waals surface area (Å²) in [5, 5.41) is 0. The van der Waals surface area contributed by atoms with Crippen LogP contribution in [0.4, 0.5) is 0 Å². The SMILES string of the molecule is C[C@@H](c1ccccc1)N1C[C@@H](C(=O)OCC(=O)c2ccc(Cl)s2)CC1=O. The normalized spacial score (nSPS) is 18.0. The van der Waals surface area contributed by atoms with Crippen LogP contribution < -0.4 is 0 Å². The molecule has 0 aliphatic carbocycles. The third-order valence-corrected chi connectivity index (χ3v) is 5.71. The van der Waals surface area contributed by atoms with Gasteiger partial charge in [0.25, 0.3) is 0 Å². The van der Waals surface area contributed by atoms with Gasteiger partial charge in [-0.15, -0.1) is 11.3 Å². The van der Waals surface area contributed by atoms with E-state index in [1.54, 1.807) is 17.0 Å². The van der Waals surface area contributed by atoms with Crippen LogP contribution in [0.25, 0.3) is 0 Å². The van der Waals surface area contributed by atoms with Crippen molar-refractivity contribution in [1.29, 1.82) is 0 Å². The number of hydrogen-bond acceptors (Lipinski definition) is 5. The number of ketones is 1. The van der Waals surface area contributed by atoms with Gasteiger partial charge in [0.05, 0.1) is 21.2 Å². The molecule has 1 fully saturated rings. The van der Waals surface area contributed by atoms with E-state index in [0.717, 1.165) is 16.9 Å². The van der Waals surface area contributed by atoms with E-state index in [9.17, 15) is 14.4 Å². The number of nitrogens with zero attached hydrogens (tertiary/aromatic N) is 1. The molecule has 7 heteroatoms. The Hall–Kier alpha value is -2.18. The molecule has 26 heavy (non-hydrogen) atoms. The first-order chi connectivity index (χ1) is 12.5. The number of likely N-dealkylation sites (tertiary alicyclic amines) is 1. The molecule has 5 nitrogen and oxygen atoms in total. The second kappa shape index (κ2) is 8.01. The van der Waals surface area contributed by atoms with Crippen LogP contribution in [-0.2, 0) is 14.3 Å². The molecule has 136 valence electrons. The van der Waals surface area contributed by atoms with E-state index in [1.807, 2.05) is 37.3 Å². The summed E-state index contributed by atoms with van der Waals surface area (Å²) >= 11 is 6.94. The van der Waals surface area contributed by atoms with Gasteiger partial charge in [-0.25, -0.2) is 0 Å². The minimum absolute atomic E-state index is 0.0836. The van der Waals surface area contributed by atoms with Crippen LogP contribution in [0.1, 0.15) is 34.6 Å². The van der Waals surface area contributed by atoms with Gasteiger partial charge >= 0.3 is 5.97 Å². The first-order valence-electron chi connectivity index (χ1n) is 8.25. The number of halogens is 1. The highest BCUT2D eigenvalue weighted by molar-refractivity contribution is 7.18. The maximum atomic E-state index is 12.3. The van der Waals surface area contributed by atoms with Crippen molar-refractivity contribution in [3.05, 3.63) is 57.2 Å². The molecule has 1 amide bonds. The maximum Gasteiger partial charge on any atom is 0.311 e. The monoisotopic (exact) mass is 391 g/mol. The van der Waals surface area contributed by atoms with Gasteiger partial charge in [-0.05, 0) is 24.6 Å². The maximum absolute atomic E-state index is 12.3. The Morgan fingerprint density at radius 2 is 2.00 bits per heavy atom. The third-order valence-electron chi connectivity index (χ3n) is 4.43. The second-order valence-electron chi connectivity index (χ2n) is 6.17. The number of Topliss-reactive ketones (excluding diaryl/α,β-unsaturated/α-hetero) is 1. The van der Waals surface area contributed by atoms with Crippen LogP contribution in [0.3, 0.4) is 0 Å². The number of esters is 1. The first-order valence-corrected chi connectivity index (χ1v) is 9.44. The summed E-state index contributed by atoms with van der Waals surface area (Å²) in [6.45, 7) is 1.90. The highest BCUT2D eigenvalue weighted by atomic mass is 35.5. The fourth-order valence-corrected chi connectivity index (χ4v) is 3.93. The number of ether oxygens (including phenoxy) is 1. The van der Waals surface area contributed by atoms with Gasteiger partial charge in [0.15, 0.2) is 6.61 Å². The average molecular weight is 392 g/mol. The molecule has 0 radical (unpaired) electrons. The molecule has 0 saturated carbocycles. The predicted octanol–water partition coefficient (Wildman–Crippen LogP) is 3.74. The second-order valence-corrected chi connectivity index (χ2v) is 7.88. The number of benzene rings is 1. The van der Waals surface area contributed by atoms with E-state index in [-0.39, 0.29) is 30.8 Å². The zero-order valence-electron chi connectivity index (χ0n) is 14.2. The van der Waals surface area contributed by atoms with Gasteiger partial charge < -0.3 is 9.64 Å². The van der Waals surface area contributed by atoms with Crippen LogP contribution in [0.2, 0.25) is 4.34 Å². The molecule has 0 N–H and O–H groups in total. The molecule has 0 bridgehead atoms. The molecule has 1 aliphatic rings. The lowest BCUT2D eigenvalue weighted by Crippen LogP contribution is -2.30. The van der Waals surface area contributed by atoms with Crippen LogP contribution in [0.5, 0.6) is 0 Å². The van der Waals surface area contributed by atoms with Crippen molar-refractivity contribution >= 4 is 40.6 Å². The number of hydrogen-bond donors (Lipinski definition) is 0. The molecule has 1 saturated heterocycles. The molecule has 0 unspecified atom stereocenters. The zero-order chi connectivity index (χ0) is 18.7. The van der Waals surface area contributed by atoms with E-state index < -0.39 is 11.9 Å². The summed E-state index contributed by atoms with van der Waals surface area (Å²) in [4.78, 5) is 38.7. The summed E-state index contributed by atoms with van der Waals surface area (Å²) in [5.74, 6) is -1.45. The number of amides is 1. The summed E-state index contributed by atoms with van der Waals surface area (Å²) in [7, 11) is 0. The number of rotatable bonds is 6. The van der Waals surface area contributed by atoms with Gasteiger partial charge in [0, 0.05) is 13.0 Å². The van der Waals surface area contributed by atoms with Crippen molar-refractivity contribution in [2.75, 3.05) is 13.2 Å². The quantitative estimate of drug-likeness (QED) is 0.556. The number of carbonyl (C=O) groups is 3. The van der Waals surface area contributed by atoms with Crippen molar-refractivity contribution in [3.8, 4) is 0 Å². The van der Waals surface area contributed by atoms with E-state index in [2.05, 4.69) is 0 Å². The molecule has 3 rings (SSSR count). The fourth-order valence-electron chi connectivity index (χ4n) is 2.97. The van der Waals surface area contributed by atoms with E-state index in [4.69, 9.17) is 16.3 Å². The number of carbonyl (C=O) groups excluding carboxylic acids is 3. The van der Waals surface area contributed by atoms with Gasteiger partial charge in [-0.3, -0.25) is 14.4 Å². The minimum atomic E-state index is -0.548. The third kappa shape index (κ3) is 4.14. The molecular formula is C19H18ClNO4S. The largest absolute Gasteiger partial charge is 0.457 e. The molecule has 1 aromatic heterocycles. The Morgan fingerprint density at radius 3 is 2.65 bits per heavy atom. The average Bonchev–Trinajstić information content (AvgIpc) is 3.25. The highest BCUT2D eigenvalue weighted by Gasteiger charge is 2.38. The Labute approximate surface area is 160 Å². The molecular weight excluding hydrogens is 374 g/mol. The topological polar surface area (TPSA) is 63.7 Å². The van der Waals surface area contributed by atoms with E-state index in [0.29, 0.717) is 15.8 Å². The molecule has 0 spiro atoms. The van der Waals surface area contributed by atoms with Crippen LogP contribution in [-0.4, -0.2) is 35.7 Å². The van der Waals surface area contributed by atoms with Crippen LogP contribution in [0, 0.1) is 5.92 Å². The van der Waals surface area contributed by atoms with E-state index in [1.165, 1.54) is 0 Å². The molecule has 1 aliphatic heterocycles. The lowest BCUT2D eigenvalue weighted by atomic mass is 10.1. The fraction of sp³-hybridized carbons (Fsp3) is 0.316. The Balaban J connectivity index is 1.56. The van der Waals surface area contributed by atoms with Gasteiger partial charge in [-0.2, -0.15) is 0 Å². The molecule has 1 aromatic carbocycles. The highest BCUT2D eigenvalue weighted by Crippen LogP contribution is 2.29. The van der Waals surface area contributed by atoms with Crippen molar-refractivity contribution in [3.63, 3.8) is 0 Å². The van der Waals surface area contributed by atoms with Gasteiger partial charge in [0.1, 0.15) is 0 Å². The molecule has 2 heterocycles. The molecule has 2 aromatic rings. The lowest BCUT2D eigenvalue weighted by Gasteiger charge is -2.25. The minimum Gasteiger partial charge on any atom is -0.457 e. The molecule has 2 atom stereocenters. The standard InChI is InChI=1S/C19H18ClNO4S/c1-12(13-5-3-2-4-6-13)21-10-14(9-18(21)23)19(24)25-11-15(22)16-7-8-17(20)26-16/h2-8,12,14H,9-11H2,1H3/t12-,14-/m0/s1. The van der Waals surface area contributed by atoms with Crippen molar-refractivity contribution < 1.29 is 19.1 Å². The lowest BCUT2D eigenvalue weighted by molar-refractivity contribution is -0.147. The zero-order valence-corrected chi connectivity index (χ0v) is 15.8. The van der Waals surface area contributed by atoms with Crippen LogP contribution in [0.15, 0.2) is 42.5 Å². The first kappa shape index (κ1) is 18.6.